The monoisotopic (exact) mass is 336 g/mol. The van der Waals surface area contributed by atoms with Crippen molar-refractivity contribution < 1.29 is 9.18 Å². The summed E-state index contributed by atoms with van der Waals surface area (Å²) in [6, 6.07) is 7.94. The van der Waals surface area contributed by atoms with Gasteiger partial charge in [0.05, 0.1) is 21.4 Å². The molecule has 0 radical (unpaired) electrons. The summed E-state index contributed by atoms with van der Waals surface area (Å²) >= 11 is 3.08. The van der Waals surface area contributed by atoms with Crippen LogP contribution in [0.5, 0.6) is 0 Å². The van der Waals surface area contributed by atoms with Crippen molar-refractivity contribution >= 4 is 33.2 Å². The molecule has 0 atom stereocenters. The lowest BCUT2D eigenvalue weighted by molar-refractivity contribution is 0.102. The number of anilines is 2. The molecule has 0 saturated heterocycles. The largest absolute Gasteiger partial charge is 0.397 e. The Labute approximate surface area is 125 Å². The molecule has 5 heteroatoms. The van der Waals surface area contributed by atoms with Crippen molar-refractivity contribution in [1.29, 1.82) is 0 Å². The summed E-state index contributed by atoms with van der Waals surface area (Å²) in [5.74, 6) is -0.886. The van der Waals surface area contributed by atoms with Crippen molar-refractivity contribution in [1.82, 2.24) is 0 Å². The predicted molar refractivity (Wildman–Crippen MR) is 82.4 cm³/mol. The van der Waals surface area contributed by atoms with E-state index in [-0.39, 0.29) is 10.0 Å². The summed E-state index contributed by atoms with van der Waals surface area (Å²) in [4.78, 5) is 12.2. The van der Waals surface area contributed by atoms with Crippen LogP contribution in [-0.2, 0) is 0 Å². The molecule has 0 fully saturated rings. The van der Waals surface area contributed by atoms with E-state index in [9.17, 15) is 9.18 Å². The minimum absolute atomic E-state index is 0.140. The number of carbonyl (C=O) groups is 1. The quantitative estimate of drug-likeness (QED) is 0.813. The van der Waals surface area contributed by atoms with Gasteiger partial charge >= 0.3 is 0 Å². The van der Waals surface area contributed by atoms with Gasteiger partial charge in [-0.1, -0.05) is 12.1 Å². The lowest BCUT2D eigenvalue weighted by atomic mass is 10.1. The van der Waals surface area contributed by atoms with Gasteiger partial charge in [-0.3, -0.25) is 4.79 Å². The average molecular weight is 337 g/mol. The van der Waals surface area contributed by atoms with Crippen molar-refractivity contribution in [3.63, 3.8) is 0 Å². The third-order valence-electron chi connectivity index (χ3n) is 3.20. The van der Waals surface area contributed by atoms with E-state index >= 15 is 0 Å². The normalized spacial score (nSPS) is 10.4. The minimum Gasteiger partial charge on any atom is -0.397 e. The van der Waals surface area contributed by atoms with Gasteiger partial charge in [0.25, 0.3) is 5.91 Å². The Hall–Kier alpha value is -1.88. The number of nitrogen functional groups attached to an aromatic ring is 1. The van der Waals surface area contributed by atoms with Crippen LogP contribution in [0.1, 0.15) is 21.5 Å². The number of hydrogen-bond acceptors (Lipinski definition) is 2. The molecule has 3 nitrogen and oxygen atoms in total. The van der Waals surface area contributed by atoms with Crippen LogP contribution in [0.25, 0.3) is 0 Å². The molecule has 2 aromatic carbocycles. The molecule has 0 bridgehead atoms. The molecule has 20 heavy (non-hydrogen) atoms. The molecule has 0 aliphatic heterocycles. The third kappa shape index (κ3) is 2.67. The molecule has 0 aromatic heterocycles. The Morgan fingerprint density at radius 2 is 1.95 bits per heavy atom. The Balaban J connectivity index is 2.38. The van der Waals surface area contributed by atoms with Crippen LogP contribution in [0.3, 0.4) is 0 Å². The zero-order valence-electron chi connectivity index (χ0n) is 11.1. The third-order valence-corrected chi connectivity index (χ3v) is 4.01. The minimum atomic E-state index is -0.480. The van der Waals surface area contributed by atoms with Crippen LogP contribution in [0, 0.1) is 19.7 Å². The summed E-state index contributed by atoms with van der Waals surface area (Å²) in [5, 5.41) is 2.74. The fourth-order valence-electron chi connectivity index (χ4n) is 1.86. The number of halogens is 2. The number of nitrogens with one attached hydrogen (secondary N) is 1. The number of benzene rings is 2. The molecule has 0 unspecified atom stereocenters. The number of aryl methyl sites for hydroxylation is 1. The fourth-order valence-corrected chi connectivity index (χ4v) is 2.31. The van der Waals surface area contributed by atoms with E-state index in [0.29, 0.717) is 11.4 Å². The maximum atomic E-state index is 13.4. The van der Waals surface area contributed by atoms with E-state index in [1.54, 1.807) is 12.1 Å². The second-order valence-electron chi connectivity index (χ2n) is 4.53. The van der Waals surface area contributed by atoms with Crippen LogP contribution in [0.2, 0.25) is 0 Å². The Bertz CT molecular complexity index is 686. The Morgan fingerprint density at radius 1 is 1.25 bits per heavy atom. The smallest absolute Gasteiger partial charge is 0.256 e. The van der Waals surface area contributed by atoms with E-state index in [2.05, 4.69) is 21.2 Å². The van der Waals surface area contributed by atoms with E-state index < -0.39 is 11.7 Å². The summed E-state index contributed by atoms with van der Waals surface area (Å²) in [6.07, 6.45) is 0. The van der Waals surface area contributed by atoms with E-state index in [1.165, 1.54) is 12.1 Å². The molecule has 0 spiro atoms. The number of nitrogens with two attached hydrogens (primary N) is 1. The van der Waals surface area contributed by atoms with E-state index in [4.69, 9.17) is 5.73 Å². The maximum absolute atomic E-state index is 13.4. The molecule has 1 amide bonds. The highest BCUT2D eigenvalue weighted by Gasteiger charge is 2.15. The number of hydrogen-bond donors (Lipinski definition) is 2. The maximum Gasteiger partial charge on any atom is 0.256 e. The first-order valence-electron chi connectivity index (χ1n) is 6.03. The molecule has 2 rings (SSSR count). The second kappa shape index (κ2) is 5.63. The van der Waals surface area contributed by atoms with Gasteiger partial charge in [-0.15, -0.1) is 0 Å². The highest BCUT2D eigenvalue weighted by molar-refractivity contribution is 9.10. The van der Waals surface area contributed by atoms with Gasteiger partial charge in [0.2, 0.25) is 0 Å². The molecule has 0 heterocycles. The highest BCUT2D eigenvalue weighted by Crippen LogP contribution is 2.28. The van der Waals surface area contributed by atoms with Crippen LogP contribution in [-0.4, -0.2) is 5.91 Å². The summed E-state index contributed by atoms with van der Waals surface area (Å²) < 4.78 is 13.6. The van der Waals surface area contributed by atoms with Crippen molar-refractivity contribution in [2.24, 2.45) is 0 Å². The predicted octanol–water partition coefficient (Wildman–Crippen LogP) is 4.04. The molecular weight excluding hydrogens is 323 g/mol. The van der Waals surface area contributed by atoms with Gasteiger partial charge in [-0.25, -0.2) is 4.39 Å². The Morgan fingerprint density at radius 3 is 2.65 bits per heavy atom. The molecule has 3 N–H and O–H groups in total. The van der Waals surface area contributed by atoms with E-state index in [0.717, 1.165) is 11.1 Å². The lowest BCUT2D eigenvalue weighted by Gasteiger charge is -2.14. The van der Waals surface area contributed by atoms with Crippen molar-refractivity contribution in [3.05, 3.63) is 57.3 Å². The second-order valence-corrected chi connectivity index (χ2v) is 5.32. The fraction of sp³-hybridized carbons (Fsp3) is 0.133. The van der Waals surface area contributed by atoms with Crippen molar-refractivity contribution in [2.75, 3.05) is 11.1 Å². The number of amides is 1. The van der Waals surface area contributed by atoms with E-state index in [1.807, 2.05) is 19.9 Å². The van der Waals surface area contributed by atoms with Gasteiger partial charge in [-0.2, -0.15) is 0 Å². The SMILES string of the molecule is Cc1ccc(N)c(NC(=O)c2cccc(F)c2Br)c1C. The average Bonchev–Trinajstić information content (AvgIpc) is 2.42. The molecule has 104 valence electrons. The summed E-state index contributed by atoms with van der Waals surface area (Å²) in [5.41, 5.74) is 9.07. The zero-order chi connectivity index (χ0) is 14.9. The lowest BCUT2D eigenvalue weighted by Crippen LogP contribution is -2.15. The molecule has 0 saturated carbocycles. The standard InChI is InChI=1S/C15H14BrFN2O/c1-8-6-7-12(18)14(9(8)2)19-15(20)10-4-3-5-11(17)13(10)16/h3-7H,18H2,1-2H3,(H,19,20). The Kier molecular flexibility index (Phi) is 4.09. The molecule has 0 aliphatic rings. The number of carbonyl (C=O) groups excluding carboxylic acids is 1. The van der Waals surface area contributed by atoms with Crippen molar-refractivity contribution in [2.45, 2.75) is 13.8 Å². The highest BCUT2D eigenvalue weighted by atomic mass is 79.9. The summed E-state index contributed by atoms with van der Waals surface area (Å²) in [6.45, 7) is 3.81. The topological polar surface area (TPSA) is 55.1 Å². The molecule has 2 aromatic rings. The summed E-state index contributed by atoms with van der Waals surface area (Å²) in [7, 11) is 0. The van der Waals surface area contributed by atoms with Gasteiger partial charge in [0.1, 0.15) is 5.82 Å². The van der Waals surface area contributed by atoms with Crippen LogP contribution < -0.4 is 11.1 Å². The van der Waals surface area contributed by atoms with Gasteiger partial charge in [0.15, 0.2) is 0 Å². The zero-order valence-corrected chi connectivity index (χ0v) is 12.7. The van der Waals surface area contributed by atoms with Crippen molar-refractivity contribution in [3.8, 4) is 0 Å². The van der Waals surface area contributed by atoms with Gasteiger partial charge in [0, 0.05) is 0 Å². The first-order valence-corrected chi connectivity index (χ1v) is 6.82. The first-order chi connectivity index (χ1) is 9.41. The van der Waals surface area contributed by atoms with Crippen LogP contribution in [0.4, 0.5) is 15.8 Å². The van der Waals surface area contributed by atoms with Crippen LogP contribution >= 0.6 is 15.9 Å². The van der Waals surface area contributed by atoms with Crippen LogP contribution in [0.15, 0.2) is 34.8 Å². The molecule has 0 aliphatic carbocycles. The molecular formula is C15H14BrFN2O. The van der Waals surface area contributed by atoms with Gasteiger partial charge < -0.3 is 11.1 Å². The van der Waals surface area contributed by atoms with Gasteiger partial charge in [-0.05, 0) is 59.1 Å². The first kappa shape index (κ1) is 14.5. The number of rotatable bonds is 2.